The first-order chi connectivity index (χ1) is 10.0. The lowest BCUT2D eigenvalue weighted by molar-refractivity contribution is 0.268. The number of hydrogen-bond donors (Lipinski definition) is 1. The third kappa shape index (κ3) is 4.22. The fourth-order valence-electron chi connectivity index (χ4n) is 3.20. The van der Waals surface area contributed by atoms with Gasteiger partial charge in [-0.2, -0.15) is 0 Å². The number of sulfone groups is 1. The van der Waals surface area contributed by atoms with E-state index in [1.165, 1.54) is 25.7 Å². The summed E-state index contributed by atoms with van der Waals surface area (Å²) in [6, 6.07) is 7.31. The Bertz CT molecular complexity index is 554. The van der Waals surface area contributed by atoms with Gasteiger partial charge in [0, 0.05) is 6.54 Å². The summed E-state index contributed by atoms with van der Waals surface area (Å²) in [6.45, 7) is 5.09. The van der Waals surface area contributed by atoms with Crippen molar-refractivity contribution in [1.82, 2.24) is 0 Å². The number of anilines is 1. The summed E-state index contributed by atoms with van der Waals surface area (Å²) in [5.74, 6) is 1.59. The molecule has 1 fully saturated rings. The van der Waals surface area contributed by atoms with Gasteiger partial charge in [0.2, 0.25) is 0 Å². The number of para-hydroxylation sites is 1. The number of benzene rings is 1. The highest BCUT2D eigenvalue weighted by Gasteiger charge is 2.22. The fourth-order valence-corrected chi connectivity index (χ4v) is 4.72. The molecule has 0 amide bonds. The van der Waals surface area contributed by atoms with E-state index in [1.807, 2.05) is 19.1 Å². The highest BCUT2D eigenvalue weighted by atomic mass is 32.2. The number of nitrogens with one attached hydrogen (secondary N) is 1. The van der Waals surface area contributed by atoms with Crippen molar-refractivity contribution in [2.75, 3.05) is 17.6 Å². The maximum atomic E-state index is 12.3. The Balaban J connectivity index is 2.10. The van der Waals surface area contributed by atoms with E-state index in [1.54, 1.807) is 12.1 Å². The maximum absolute atomic E-state index is 12.3. The minimum absolute atomic E-state index is 0.214. The van der Waals surface area contributed by atoms with Gasteiger partial charge in [0.15, 0.2) is 9.84 Å². The van der Waals surface area contributed by atoms with Gasteiger partial charge in [0.05, 0.1) is 16.3 Å². The minimum Gasteiger partial charge on any atom is -0.384 e. The second-order valence-corrected chi connectivity index (χ2v) is 8.30. The molecule has 0 aliphatic heterocycles. The SMILES string of the molecule is CCCS(=O)(=O)c1ccccc1NCC1CCCCC1C. The molecule has 1 N–H and O–H groups in total. The van der Waals surface area contributed by atoms with E-state index >= 15 is 0 Å². The van der Waals surface area contributed by atoms with Gasteiger partial charge in [-0.25, -0.2) is 8.42 Å². The highest BCUT2D eigenvalue weighted by Crippen LogP contribution is 2.30. The average molecular weight is 309 g/mol. The summed E-state index contributed by atoms with van der Waals surface area (Å²) in [7, 11) is -3.17. The Morgan fingerprint density at radius 3 is 2.62 bits per heavy atom. The molecule has 1 saturated carbocycles. The fraction of sp³-hybridized carbons (Fsp3) is 0.647. The van der Waals surface area contributed by atoms with Gasteiger partial charge >= 0.3 is 0 Å². The van der Waals surface area contributed by atoms with E-state index in [2.05, 4.69) is 12.2 Å². The van der Waals surface area contributed by atoms with Crippen molar-refractivity contribution in [3.8, 4) is 0 Å². The molecule has 0 spiro atoms. The van der Waals surface area contributed by atoms with Crippen LogP contribution in [0.1, 0.15) is 46.0 Å². The molecule has 1 aromatic rings. The van der Waals surface area contributed by atoms with Crippen molar-refractivity contribution in [3.63, 3.8) is 0 Å². The molecule has 1 aromatic carbocycles. The van der Waals surface area contributed by atoms with Gasteiger partial charge in [0.25, 0.3) is 0 Å². The molecule has 1 aliphatic rings. The van der Waals surface area contributed by atoms with Gasteiger partial charge in [-0.1, -0.05) is 45.2 Å². The third-order valence-corrected chi connectivity index (χ3v) is 6.51. The first kappa shape index (κ1) is 16.3. The summed E-state index contributed by atoms with van der Waals surface area (Å²) < 4.78 is 24.7. The summed E-state index contributed by atoms with van der Waals surface area (Å²) >= 11 is 0. The topological polar surface area (TPSA) is 46.2 Å². The van der Waals surface area contributed by atoms with Crippen molar-refractivity contribution in [2.24, 2.45) is 11.8 Å². The summed E-state index contributed by atoms with van der Waals surface area (Å²) in [6.07, 6.45) is 5.82. The van der Waals surface area contributed by atoms with Gasteiger partial charge < -0.3 is 5.32 Å². The van der Waals surface area contributed by atoms with Crippen molar-refractivity contribution >= 4 is 15.5 Å². The molecule has 1 aliphatic carbocycles. The van der Waals surface area contributed by atoms with Crippen molar-refractivity contribution < 1.29 is 8.42 Å². The van der Waals surface area contributed by atoms with E-state index < -0.39 is 9.84 Å². The van der Waals surface area contributed by atoms with Crippen LogP contribution >= 0.6 is 0 Å². The van der Waals surface area contributed by atoms with E-state index in [0.29, 0.717) is 17.2 Å². The van der Waals surface area contributed by atoms with Gasteiger partial charge in [0.1, 0.15) is 0 Å². The molecule has 0 saturated heterocycles. The van der Waals surface area contributed by atoms with Crippen LogP contribution in [0.25, 0.3) is 0 Å². The molecular formula is C17H27NO2S. The molecule has 2 rings (SSSR count). The van der Waals surface area contributed by atoms with E-state index in [-0.39, 0.29) is 5.75 Å². The van der Waals surface area contributed by atoms with Gasteiger partial charge in [-0.15, -0.1) is 0 Å². The lowest BCUT2D eigenvalue weighted by atomic mass is 9.80. The van der Waals surface area contributed by atoms with Crippen LogP contribution in [0.4, 0.5) is 5.69 Å². The predicted molar refractivity (Wildman–Crippen MR) is 88.4 cm³/mol. The zero-order valence-corrected chi connectivity index (χ0v) is 14.0. The molecule has 0 bridgehead atoms. The molecule has 0 heterocycles. The molecular weight excluding hydrogens is 282 g/mol. The molecule has 0 aromatic heterocycles. The molecule has 0 radical (unpaired) electrons. The van der Waals surface area contributed by atoms with Gasteiger partial charge in [-0.3, -0.25) is 0 Å². The van der Waals surface area contributed by atoms with E-state index in [4.69, 9.17) is 0 Å². The average Bonchev–Trinajstić information content (AvgIpc) is 2.47. The van der Waals surface area contributed by atoms with Crippen LogP contribution in [0.3, 0.4) is 0 Å². The van der Waals surface area contributed by atoms with Crippen molar-refractivity contribution in [2.45, 2.75) is 50.8 Å². The van der Waals surface area contributed by atoms with Crippen LogP contribution in [-0.2, 0) is 9.84 Å². The summed E-state index contributed by atoms with van der Waals surface area (Å²) in [4.78, 5) is 0.454. The van der Waals surface area contributed by atoms with Crippen LogP contribution in [0.15, 0.2) is 29.2 Å². The molecule has 2 unspecified atom stereocenters. The summed E-state index contributed by atoms with van der Waals surface area (Å²) in [5.41, 5.74) is 0.767. The standard InChI is InChI=1S/C17H27NO2S/c1-3-12-21(19,20)17-11-7-6-10-16(17)18-13-15-9-5-4-8-14(15)2/h6-7,10-11,14-15,18H,3-5,8-9,12-13H2,1-2H3. The lowest BCUT2D eigenvalue weighted by Gasteiger charge is -2.29. The number of hydrogen-bond acceptors (Lipinski definition) is 3. The maximum Gasteiger partial charge on any atom is 0.180 e. The highest BCUT2D eigenvalue weighted by molar-refractivity contribution is 7.91. The molecule has 4 heteroatoms. The van der Waals surface area contributed by atoms with Crippen LogP contribution in [0.5, 0.6) is 0 Å². The normalized spacial score (nSPS) is 23.0. The Labute approximate surface area is 129 Å². The third-order valence-electron chi connectivity index (χ3n) is 4.54. The van der Waals surface area contributed by atoms with Crippen LogP contribution in [-0.4, -0.2) is 20.7 Å². The minimum atomic E-state index is -3.17. The Morgan fingerprint density at radius 2 is 1.90 bits per heavy atom. The Kier molecular flexibility index (Phi) is 5.68. The Hall–Kier alpha value is -1.03. The van der Waals surface area contributed by atoms with E-state index in [9.17, 15) is 8.42 Å². The first-order valence-electron chi connectivity index (χ1n) is 8.10. The first-order valence-corrected chi connectivity index (χ1v) is 9.75. The zero-order valence-electron chi connectivity index (χ0n) is 13.1. The van der Waals surface area contributed by atoms with Crippen LogP contribution in [0.2, 0.25) is 0 Å². The zero-order chi connectivity index (χ0) is 15.3. The molecule has 21 heavy (non-hydrogen) atoms. The monoisotopic (exact) mass is 309 g/mol. The number of rotatable bonds is 6. The van der Waals surface area contributed by atoms with Crippen LogP contribution < -0.4 is 5.32 Å². The van der Waals surface area contributed by atoms with Crippen LogP contribution in [0, 0.1) is 11.8 Å². The second-order valence-electron chi connectivity index (χ2n) is 6.22. The lowest BCUT2D eigenvalue weighted by Crippen LogP contribution is -2.25. The predicted octanol–water partition coefficient (Wildman–Crippen LogP) is 4.11. The molecule has 2 atom stereocenters. The largest absolute Gasteiger partial charge is 0.384 e. The van der Waals surface area contributed by atoms with Crippen molar-refractivity contribution in [3.05, 3.63) is 24.3 Å². The van der Waals surface area contributed by atoms with Crippen molar-refractivity contribution in [1.29, 1.82) is 0 Å². The molecule has 3 nitrogen and oxygen atoms in total. The van der Waals surface area contributed by atoms with E-state index in [0.717, 1.165) is 18.2 Å². The summed E-state index contributed by atoms with van der Waals surface area (Å²) in [5, 5.41) is 3.40. The smallest absolute Gasteiger partial charge is 0.180 e. The van der Waals surface area contributed by atoms with Gasteiger partial charge in [-0.05, 0) is 36.8 Å². The Morgan fingerprint density at radius 1 is 1.19 bits per heavy atom. The second kappa shape index (κ2) is 7.30. The quantitative estimate of drug-likeness (QED) is 0.860. The molecule has 118 valence electrons.